The van der Waals surface area contributed by atoms with Gasteiger partial charge in [0.1, 0.15) is 10.6 Å². The molecule has 0 aliphatic carbocycles. The van der Waals surface area contributed by atoms with Crippen LogP contribution in [0.1, 0.15) is 10.4 Å². The Hall–Kier alpha value is -2.54. The molecule has 0 saturated heterocycles. The summed E-state index contributed by atoms with van der Waals surface area (Å²) in [6.07, 6.45) is 1.61. The lowest BCUT2D eigenvalue weighted by Gasteiger charge is -2.10. The Morgan fingerprint density at radius 1 is 1.17 bits per heavy atom. The van der Waals surface area contributed by atoms with Crippen LogP contribution in [0.5, 0.6) is 5.75 Å². The molecule has 124 valence electrons. The molecule has 23 heavy (non-hydrogen) atoms. The van der Waals surface area contributed by atoms with Gasteiger partial charge in [-0.3, -0.25) is 10.1 Å². The van der Waals surface area contributed by atoms with Crippen LogP contribution in [-0.2, 0) is 19.7 Å². The second-order valence-corrected chi connectivity index (χ2v) is 8.55. The third kappa shape index (κ3) is 3.62. The first-order valence-electron chi connectivity index (χ1n) is 5.82. The van der Waals surface area contributed by atoms with Gasteiger partial charge in [-0.2, -0.15) is 5.21 Å². The number of aromatic hydroxyl groups is 1. The lowest BCUT2D eigenvalue weighted by atomic mass is 10.2. The largest absolute Gasteiger partial charge is 0.506 e. The van der Waals surface area contributed by atoms with E-state index in [-0.39, 0.29) is 5.95 Å². The summed E-state index contributed by atoms with van der Waals surface area (Å²) in [6.45, 7) is 0. The van der Waals surface area contributed by atoms with Crippen molar-refractivity contribution in [3.63, 3.8) is 0 Å². The van der Waals surface area contributed by atoms with Gasteiger partial charge in [0, 0.05) is 12.5 Å². The maximum atomic E-state index is 12.1. The van der Waals surface area contributed by atoms with Crippen molar-refractivity contribution in [3.8, 4) is 5.75 Å². The second-order valence-electron chi connectivity index (χ2n) is 4.55. The average molecular weight is 361 g/mol. The van der Waals surface area contributed by atoms with Crippen LogP contribution in [0.25, 0.3) is 0 Å². The van der Waals surface area contributed by atoms with Crippen molar-refractivity contribution in [2.45, 2.75) is 9.79 Å². The number of tetrazole rings is 1. The molecule has 1 aromatic carbocycles. The highest BCUT2D eigenvalue weighted by molar-refractivity contribution is 7.91. The highest BCUT2D eigenvalue weighted by Crippen LogP contribution is 2.31. The molecular formula is C10H11N5O6S2. The number of nitrogens with one attached hydrogen (secondary N) is 2. The number of aromatic amines is 1. The number of phenolic OH excluding ortho intramolecular Hbond substituents is 1. The van der Waals surface area contributed by atoms with Gasteiger partial charge >= 0.3 is 0 Å². The molecule has 11 nitrogen and oxygen atoms in total. The van der Waals surface area contributed by atoms with Crippen molar-refractivity contribution in [1.29, 1.82) is 0 Å². The Labute approximate surface area is 130 Å². The maximum Gasteiger partial charge on any atom is 0.270 e. The van der Waals surface area contributed by atoms with Gasteiger partial charge in [0.05, 0.1) is 10.5 Å². The fraction of sp³-hybridized carbons (Fsp3) is 0.200. The highest BCUT2D eigenvalue weighted by Gasteiger charge is 2.25. The molecule has 0 radical (unpaired) electrons. The molecule has 13 heteroatoms. The Morgan fingerprint density at radius 3 is 2.30 bits per heavy atom. The van der Waals surface area contributed by atoms with Crippen LogP contribution in [0.15, 0.2) is 21.9 Å². The van der Waals surface area contributed by atoms with E-state index in [1.807, 2.05) is 0 Å². The predicted molar refractivity (Wildman–Crippen MR) is 76.5 cm³/mol. The number of H-pyrrole nitrogens is 1. The molecule has 0 bridgehead atoms. The van der Waals surface area contributed by atoms with E-state index in [0.29, 0.717) is 0 Å². The third-order valence-electron chi connectivity index (χ3n) is 2.69. The van der Waals surface area contributed by atoms with Crippen LogP contribution in [0, 0.1) is 0 Å². The van der Waals surface area contributed by atoms with E-state index in [1.165, 1.54) is 0 Å². The minimum absolute atomic E-state index is 0.236. The Morgan fingerprint density at radius 2 is 1.83 bits per heavy atom. The zero-order valence-corrected chi connectivity index (χ0v) is 13.4. The van der Waals surface area contributed by atoms with Gasteiger partial charge in [-0.1, -0.05) is 5.10 Å². The van der Waals surface area contributed by atoms with Gasteiger partial charge in [-0.15, -0.1) is 5.10 Å². The van der Waals surface area contributed by atoms with E-state index in [0.717, 1.165) is 24.6 Å². The number of hydrogen-bond donors (Lipinski definition) is 3. The molecule has 0 atom stereocenters. The van der Waals surface area contributed by atoms with Gasteiger partial charge in [0.2, 0.25) is 0 Å². The molecule has 1 heterocycles. The van der Waals surface area contributed by atoms with Crippen molar-refractivity contribution in [2.24, 2.45) is 0 Å². The number of carbonyl (C=O) groups excluding carboxylic acids is 1. The minimum atomic E-state index is -3.98. The molecule has 0 spiro atoms. The van der Waals surface area contributed by atoms with Crippen LogP contribution in [0.3, 0.4) is 0 Å². The van der Waals surface area contributed by atoms with Gasteiger partial charge in [0.25, 0.3) is 11.9 Å². The molecule has 3 N–H and O–H groups in total. The molecule has 0 saturated carbocycles. The highest BCUT2D eigenvalue weighted by atomic mass is 32.2. The van der Waals surface area contributed by atoms with Gasteiger partial charge < -0.3 is 5.11 Å². The molecule has 2 aromatic rings. The number of amides is 1. The van der Waals surface area contributed by atoms with Gasteiger partial charge in [0.15, 0.2) is 19.7 Å². The Bertz CT molecular complexity index is 965. The van der Waals surface area contributed by atoms with Crippen molar-refractivity contribution >= 4 is 31.5 Å². The fourth-order valence-electron chi connectivity index (χ4n) is 1.64. The first kappa shape index (κ1) is 16.8. The predicted octanol–water partition coefficient (Wildman–Crippen LogP) is -1.04. The van der Waals surface area contributed by atoms with Crippen LogP contribution in [0.4, 0.5) is 5.95 Å². The summed E-state index contributed by atoms with van der Waals surface area (Å²) in [6, 6.07) is 1.64. The minimum Gasteiger partial charge on any atom is -0.506 e. The van der Waals surface area contributed by atoms with Crippen molar-refractivity contribution < 1.29 is 26.7 Å². The Kier molecular flexibility index (Phi) is 4.08. The third-order valence-corrected chi connectivity index (χ3v) is 4.89. The number of sulfone groups is 2. The van der Waals surface area contributed by atoms with Crippen molar-refractivity contribution in [1.82, 2.24) is 20.6 Å². The van der Waals surface area contributed by atoms with Crippen molar-refractivity contribution in [3.05, 3.63) is 17.7 Å². The molecule has 0 fully saturated rings. The lowest BCUT2D eigenvalue weighted by molar-refractivity contribution is 0.102. The fourth-order valence-corrected chi connectivity index (χ4v) is 3.18. The molecule has 1 amide bonds. The van der Waals surface area contributed by atoms with Gasteiger partial charge in [-0.25, -0.2) is 16.8 Å². The summed E-state index contributed by atoms with van der Waals surface area (Å²) >= 11 is 0. The second kappa shape index (κ2) is 5.58. The molecule has 0 aliphatic heterocycles. The summed E-state index contributed by atoms with van der Waals surface area (Å²) in [5.41, 5.74) is -0.557. The van der Waals surface area contributed by atoms with Crippen molar-refractivity contribution in [2.75, 3.05) is 17.8 Å². The zero-order valence-electron chi connectivity index (χ0n) is 11.8. The summed E-state index contributed by atoms with van der Waals surface area (Å²) in [7, 11) is -7.80. The maximum absolute atomic E-state index is 12.1. The Balaban J connectivity index is 2.65. The SMILES string of the molecule is CS(=O)(=O)c1cc(C(=O)Nc2nn[nH]n2)c(O)c(S(C)(=O)=O)c1. The number of rotatable bonds is 4. The summed E-state index contributed by atoms with van der Waals surface area (Å²) in [4.78, 5) is 11.0. The van der Waals surface area contributed by atoms with E-state index in [4.69, 9.17) is 0 Å². The molecule has 1 aromatic heterocycles. The molecule has 0 aliphatic rings. The molecule has 0 unspecified atom stereocenters. The van der Waals surface area contributed by atoms with E-state index in [2.05, 4.69) is 25.9 Å². The van der Waals surface area contributed by atoms with E-state index in [9.17, 15) is 26.7 Å². The van der Waals surface area contributed by atoms with Crippen LogP contribution >= 0.6 is 0 Å². The number of nitrogens with zero attached hydrogens (tertiary/aromatic N) is 3. The first-order chi connectivity index (χ1) is 10.5. The number of phenols is 1. The molecule has 2 rings (SSSR count). The quantitative estimate of drug-likeness (QED) is 0.615. The van der Waals surface area contributed by atoms with E-state index >= 15 is 0 Å². The molecular weight excluding hydrogens is 350 g/mol. The summed E-state index contributed by atoms with van der Waals surface area (Å²) < 4.78 is 46.7. The monoisotopic (exact) mass is 361 g/mol. The number of hydrogen-bond acceptors (Lipinski definition) is 9. The number of benzene rings is 1. The zero-order chi connectivity index (χ0) is 17.4. The number of aromatic nitrogens is 4. The van der Waals surface area contributed by atoms with Gasteiger partial charge in [-0.05, 0) is 17.3 Å². The first-order valence-corrected chi connectivity index (χ1v) is 9.60. The van der Waals surface area contributed by atoms with Crippen LogP contribution in [0.2, 0.25) is 0 Å². The number of carbonyl (C=O) groups is 1. The summed E-state index contributed by atoms with van der Waals surface area (Å²) in [5.74, 6) is -2.11. The lowest BCUT2D eigenvalue weighted by Crippen LogP contribution is -2.15. The normalized spacial score (nSPS) is 12.1. The smallest absolute Gasteiger partial charge is 0.270 e. The average Bonchev–Trinajstić information content (AvgIpc) is 2.88. The van der Waals surface area contributed by atoms with E-state index in [1.54, 1.807) is 0 Å². The van der Waals surface area contributed by atoms with Crippen LogP contribution < -0.4 is 5.32 Å². The number of anilines is 1. The summed E-state index contributed by atoms with van der Waals surface area (Å²) in [5, 5.41) is 24.3. The standard InChI is InChI=1S/C10H11N5O6S2/c1-22(18,19)5-3-6(8(16)7(4-5)23(2,20)21)9(17)11-10-12-14-15-13-10/h3-4,16H,1-2H3,(H2,11,12,13,14,15,17). The van der Waals surface area contributed by atoms with E-state index < -0.39 is 46.7 Å². The topological polar surface area (TPSA) is 172 Å². The van der Waals surface area contributed by atoms with Crippen LogP contribution in [-0.4, -0.2) is 61.0 Å².